The first-order valence-electron chi connectivity index (χ1n) is 7.76. The fourth-order valence-electron chi connectivity index (χ4n) is 2.62. The summed E-state index contributed by atoms with van der Waals surface area (Å²) in [4.78, 5) is 27.0. The van der Waals surface area contributed by atoms with Crippen LogP contribution < -0.4 is 20.3 Å². The Labute approximate surface area is 136 Å². The molecule has 7 nitrogen and oxygen atoms in total. The van der Waals surface area contributed by atoms with E-state index < -0.39 is 11.8 Å². The van der Waals surface area contributed by atoms with E-state index in [4.69, 9.17) is 4.74 Å². The highest BCUT2D eigenvalue weighted by Crippen LogP contribution is 2.28. The summed E-state index contributed by atoms with van der Waals surface area (Å²) in [6, 6.07) is 8.01. The summed E-state index contributed by atoms with van der Waals surface area (Å²) < 4.78 is 5.41. The number of benzene rings is 1. The van der Waals surface area contributed by atoms with E-state index in [0.29, 0.717) is 6.54 Å². The van der Waals surface area contributed by atoms with Crippen LogP contribution in [0.1, 0.15) is 0 Å². The molecule has 126 valence electrons. The number of likely N-dealkylation sites (N-methyl/N-ethyl adjacent to an activating group) is 1. The molecule has 2 N–H and O–H groups in total. The maximum absolute atomic E-state index is 11.4. The molecule has 1 fully saturated rings. The van der Waals surface area contributed by atoms with E-state index >= 15 is 0 Å². The van der Waals surface area contributed by atoms with Crippen LogP contribution in [0.5, 0.6) is 5.75 Å². The first-order chi connectivity index (χ1) is 11.2. The largest absolute Gasteiger partial charge is 0.495 e. The van der Waals surface area contributed by atoms with Gasteiger partial charge in [-0.25, -0.2) is 0 Å². The second-order valence-electron chi connectivity index (χ2n) is 5.34. The van der Waals surface area contributed by atoms with E-state index in [1.807, 2.05) is 18.2 Å². The third-order valence-electron chi connectivity index (χ3n) is 3.95. The van der Waals surface area contributed by atoms with Gasteiger partial charge in [0.2, 0.25) is 0 Å². The van der Waals surface area contributed by atoms with Crippen molar-refractivity contribution in [2.75, 3.05) is 58.3 Å². The first kappa shape index (κ1) is 17.1. The van der Waals surface area contributed by atoms with Gasteiger partial charge in [-0.15, -0.1) is 0 Å². The maximum Gasteiger partial charge on any atom is 0.309 e. The topological polar surface area (TPSA) is 73.9 Å². The Hall–Kier alpha value is -2.28. The van der Waals surface area contributed by atoms with Gasteiger partial charge in [-0.1, -0.05) is 12.1 Å². The van der Waals surface area contributed by atoms with Gasteiger partial charge in [0.25, 0.3) is 0 Å². The van der Waals surface area contributed by atoms with E-state index in [2.05, 4.69) is 26.5 Å². The number of hydrogen-bond acceptors (Lipinski definition) is 5. The molecule has 2 rings (SSSR count). The summed E-state index contributed by atoms with van der Waals surface area (Å²) in [6.45, 7) is 4.85. The molecule has 0 aromatic heterocycles. The molecule has 1 heterocycles. The van der Waals surface area contributed by atoms with Crippen LogP contribution in [-0.2, 0) is 9.59 Å². The zero-order valence-electron chi connectivity index (χ0n) is 13.7. The van der Waals surface area contributed by atoms with Gasteiger partial charge in [0.15, 0.2) is 0 Å². The molecule has 1 aliphatic rings. The highest BCUT2D eigenvalue weighted by Gasteiger charge is 2.19. The number of ether oxygens (including phenoxy) is 1. The molecule has 1 aromatic carbocycles. The highest BCUT2D eigenvalue weighted by atomic mass is 16.5. The normalized spacial score (nSPS) is 15.1. The molecule has 2 amide bonds. The SMILES string of the molecule is CNC(=O)C(=O)NCCN1CCN(c2ccccc2OC)CC1. The van der Waals surface area contributed by atoms with Gasteiger partial charge < -0.3 is 20.3 Å². The Kier molecular flexibility index (Phi) is 6.22. The van der Waals surface area contributed by atoms with Crippen LogP contribution in [0.15, 0.2) is 24.3 Å². The number of nitrogens with one attached hydrogen (secondary N) is 2. The highest BCUT2D eigenvalue weighted by molar-refractivity contribution is 6.34. The molecule has 1 saturated heterocycles. The first-order valence-corrected chi connectivity index (χ1v) is 7.76. The van der Waals surface area contributed by atoms with E-state index in [1.54, 1.807) is 7.11 Å². The van der Waals surface area contributed by atoms with Crippen molar-refractivity contribution in [2.45, 2.75) is 0 Å². The van der Waals surface area contributed by atoms with Crippen molar-refractivity contribution < 1.29 is 14.3 Å². The average Bonchev–Trinajstić information content (AvgIpc) is 2.61. The summed E-state index contributed by atoms with van der Waals surface area (Å²) >= 11 is 0. The summed E-state index contributed by atoms with van der Waals surface area (Å²) in [7, 11) is 3.13. The molecule has 0 radical (unpaired) electrons. The van der Waals surface area contributed by atoms with Crippen molar-refractivity contribution in [3.8, 4) is 5.75 Å². The number of nitrogens with zero attached hydrogens (tertiary/aromatic N) is 2. The molecule has 0 bridgehead atoms. The Balaban J connectivity index is 1.76. The number of amides is 2. The van der Waals surface area contributed by atoms with Crippen molar-refractivity contribution in [2.24, 2.45) is 0 Å². The van der Waals surface area contributed by atoms with E-state index in [-0.39, 0.29) is 0 Å². The third-order valence-corrected chi connectivity index (χ3v) is 3.95. The van der Waals surface area contributed by atoms with Gasteiger partial charge >= 0.3 is 11.8 Å². The molecule has 0 aliphatic carbocycles. The van der Waals surface area contributed by atoms with Gasteiger partial charge in [0, 0.05) is 46.3 Å². The molecule has 1 aromatic rings. The minimum absolute atomic E-state index is 0.473. The Morgan fingerprint density at radius 1 is 1.13 bits per heavy atom. The van der Waals surface area contributed by atoms with Gasteiger partial charge in [-0.05, 0) is 12.1 Å². The minimum Gasteiger partial charge on any atom is -0.495 e. The van der Waals surface area contributed by atoms with E-state index in [0.717, 1.165) is 44.2 Å². The predicted octanol–water partition coefficient (Wildman–Crippen LogP) is -0.321. The van der Waals surface area contributed by atoms with Crippen LogP contribution in [0.3, 0.4) is 0 Å². The molecular formula is C16H24N4O3. The second-order valence-corrected chi connectivity index (χ2v) is 5.34. The number of para-hydroxylation sites is 2. The number of carbonyl (C=O) groups excluding carboxylic acids is 2. The van der Waals surface area contributed by atoms with Crippen LogP contribution in [0.25, 0.3) is 0 Å². The minimum atomic E-state index is -0.606. The second kappa shape index (κ2) is 8.38. The zero-order chi connectivity index (χ0) is 16.7. The van der Waals surface area contributed by atoms with Crippen molar-refractivity contribution >= 4 is 17.5 Å². The molecule has 0 saturated carbocycles. The summed E-state index contributed by atoms with van der Waals surface area (Å²) in [5.74, 6) is -0.301. The Morgan fingerprint density at radius 2 is 1.83 bits per heavy atom. The van der Waals surface area contributed by atoms with Gasteiger partial charge in [-0.3, -0.25) is 14.5 Å². The number of piperazine rings is 1. The molecule has 0 atom stereocenters. The number of hydrogen-bond donors (Lipinski definition) is 2. The van der Waals surface area contributed by atoms with Gasteiger partial charge in [-0.2, -0.15) is 0 Å². The summed E-state index contributed by atoms with van der Waals surface area (Å²) in [6.07, 6.45) is 0. The predicted molar refractivity (Wildman–Crippen MR) is 88.7 cm³/mol. The maximum atomic E-state index is 11.4. The third kappa shape index (κ3) is 4.59. The lowest BCUT2D eigenvalue weighted by Crippen LogP contribution is -2.49. The fraction of sp³-hybridized carbons (Fsp3) is 0.500. The molecule has 0 spiro atoms. The summed E-state index contributed by atoms with van der Waals surface area (Å²) in [5, 5.41) is 4.92. The Bertz CT molecular complexity index is 542. The zero-order valence-corrected chi connectivity index (χ0v) is 13.7. The lowest BCUT2D eigenvalue weighted by atomic mass is 10.2. The summed E-state index contributed by atoms with van der Waals surface area (Å²) in [5.41, 5.74) is 1.11. The molecule has 7 heteroatoms. The lowest BCUT2D eigenvalue weighted by Gasteiger charge is -2.36. The number of rotatable bonds is 5. The van der Waals surface area contributed by atoms with E-state index in [1.165, 1.54) is 7.05 Å². The smallest absolute Gasteiger partial charge is 0.309 e. The number of carbonyl (C=O) groups is 2. The fourth-order valence-corrected chi connectivity index (χ4v) is 2.62. The standard InChI is InChI=1S/C16H24N4O3/c1-17-15(21)16(22)18-7-8-19-9-11-20(12-10-19)13-5-3-4-6-14(13)23-2/h3-6H,7-12H2,1-2H3,(H,17,21)(H,18,22). The van der Waals surface area contributed by atoms with Crippen LogP contribution in [0.2, 0.25) is 0 Å². The number of methoxy groups -OCH3 is 1. The van der Waals surface area contributed by atoms with E-state index in [9.17, 15) is 9.59 Å². The van der Waals surface area contributed by atoms with Crippen LogP contribution in [0, 0.1) is 0 Å². The number of anilines is 1. The molecule has 1 aliphatic heterocycles. The van der Waals surface area contributed by atoms with Crippen molar-refractivity contribution in [3.05, 3.63) is 24.3 Å². The van der Waals surface area contributed by atoms with Crippen LogP contribution in [-0.4, -0.2) is 70.1 Å². The monoisotopic (exact) mass is 320 g/mol. The van der Waals surface area contributed by atoms with Gasteiger partial charge in [0.1, 0.15) is 5.75 Å². The molecule has 0 unspecified atom stereocenters. The average molecular weight is 320 g/mol. The quantitative estimate of drug-likeness (QED) is 0.728. The van der Waals surface area contributed by atoms with Crippen molar-refractivity contribution in [1.29, 1.82) is 0 Å². The van der Waals surface area contributed by atoms with Crippen LogP contribution in [0.4, 0.5) is 5.69 Å². The Morgan fingerprint density at radius 3 is 2.48 bits per heavy atom. The van der Waals surface area contributed by atoms with Crippen LogP contribution >= 0.6 is 0 Å². The van der Waals surface area contributed by atoms with Crippen molar-refractivity contribution in [3.63, 3.8) is 0 Å². The molecular weight excluding hydrogens is 296 g/mol. The van der Waals surface area contributed by atoms with Gasteiger partial charge in [0.05, 0.1) is 12.8 Å². The molecule has 23 heavy (non-hydrogen) atoms. The lowest BCUT2D eigenvalue weighted by molar-refractivity contribution is -0.138. The van der Waals surface area contributed by atoms with Crippen molar-refractivity contribution in [1.82, 2.24) is 15.5 Å².